The number of nitrogens with one attached hydrogen (secondary N) is 3. The molecular weight excluding hydrogens is 359 g/mol. The van der Waals surface area contributed by atoms with Gasteiger partial charge in [0.1, 0.15) is 5.69 Å². The molecule has 0 bridgehead atoms. The Bertz CT molecular complexity index is 878. The van der Waals surface area contributed by atoms with Crippen molar-refractivity contribution in [1.82, 2.24) is 19.8 Å². The number of hydrogen-bond donors (Lipinski definition) is 3. The Hall–Kier alpha value is -2.66. The monoisotopic (exact) mass is 382 g/mol. The molecule has 1 aromatic heterocycles. The summed E-state index contributed by atoms with van der Waals surface area (Å²) < 4.78 is 15.1. The molecule has 3 rings (SSSR count). The fourth-order valence-corrected chi connectivity index (χ4v) is 4.11. The van der Waals surface area contributed by atoms with Gasteiger partial charge in [-0.25, -0.2) is 10.2 Å². The summed E-state index contributed by atoms with van der Waals surface area (Å²) in [7, 11) is -1.61. The number of aromatic nitrogens is 1. The first-order valence-corrected chi connectivity index (χ1v) is 10.4. The average molecular weight is 382 g/mol. The van der Waals surface area contributed by atoms with Crippen LogP contribution in [0, 0.1) is 0 Å². The summed E-state index contributed by atoms with van der Waals surface area (Å²) in [4.78, 5) is 12.6. The summed E-state index contributed by atoms with van der Waals surface area (Å²) in [5, 5.41) is 8.65. The molecule has 7 heteroatoms. The number of benzene rings is 2. The van der Waals surface area contributed by atoms with Gasteiger partial charge in [0.2, 0.25) is 0 Å². The van der Waals surface area contributed by atoms with Crippen molar-refractivity contribution < 1.29 is 9.36 Å². The molecule has 0 atom stereocenters. The third kappa shape index (κ3) is 5.41. The van der Waals surface area contributed by atoms with Crippen LogP contribution in [0.2, 0.25) is 0 Å². The lowest BCUT2D eigenvalue weighted by Gasteiger charge is -2.22. The maximum Gasteiger partial charge on any atom is 0.306 e. The largest absolute Gasteiger partial charge is 0.347 e. The van der Waals surface area contributed by atoms with Crippen LogP contribution in [0.1, 0.15) is 21.6 Å². The Morgan fingerprint density at radius 1 is 0.852 bits per heavy atom. The molecule has 0 fully saturated rings. The normalized spacial score (nSPS) is 11.3. The minimum absolute atomic E-state index is 0.368. The molecule has 2 aromatic carbocycles. The van der Waals surface area contributed by atoms with Gasteiger partial charge < -0.3 is 4.57 Å². The standard InChI is InChI=1S/C20H23N4O2P/c1-24-14-8-13-19(24)20(25)23-27(26,21-15-17-9-4-2-5-10-17)22-16-18-11-6-3-7-12-18/h2-14H,15-16H2,1H3,(H3,21,22,23,25,26). The van der Waals surface area contributed by atoms with Crippen molar-refractivity contribution >= 4 is 13.5 Å². The van der Waals surface area contributed by atoms with Crippen LogP contribution in [0.4, 0.5) is 0 Å². The van der Waals surface area contributed by atoms with Gasteiger partial charge in [0.05, 0.1) is 0 Å². The zero-order chi connectivity index (χ0) is 19.1. The fraction of sp³-hybridized carbons (Fsp3) is 0.150. The number of hydrogen-bond acceptors (Lipinski definition) is 2. The van der Waals surface area contributed by atoms with Gasteiger partial charge >= 0.3 is 7.59 Å². The number of carbonyl (C=O) groups excluding carboxylic acids is 1. The Morgan fingerprint density at radius 3 is 1.81 bits per heavy atom. The molecule has 0 radical (unpaired) electrons. The van der Waals surface area contributed by atoms with E-state index in [9.17, 15) is 9.36 Å². The van der Waals surface area contributed by atoms with E-state index in [0.29, 0.717) is 18.8 Å². The van der Waals surface area contributed by atoms with Crippen LogP contribution in [0.5, 0.6) is 0 Å². The van der Waals surface area contributed by atoms with E-state index < -0.39 is 13.5 Å². The Balaban J connectivity index is 1.73. The van der Waals surface area contributed by atoms with Crippen LogP contribution in [0.25, 0.3) is 0 Å². The fourth-order valence-electron chi connectivity index (χ4n) is 2.63. The first kappa shape index (κ1) is 19.1. The predicted molar refractivity (Wildman–Crippen MR) is 107 cm³/mol. The SMILES string of the molecule is Cn1cccc1C(=O)NP(=O)(NCc1ccccc1)NCc1ccccc1. The Labute approximate surface area is 159 Å². The van der Waals surface area contributed by atoms with Crippen molar-refractivity contribution in [2.45, 2.75) is 13.1 Å². The molecule has 0 aliphatic carbocycles. The molecule has 0 aliphatic rings. The number of rotatable bonds is 8. The zero-order valence-electron chi connectivity index (χ0n) is 15.1. The van der Waals surface area contributed by atoms with Crippen LogP contribution in [-0.2, 0) is 24.7 Å². The second-order valence-electron chi connectivity index (χ2n) is 6.20. The number of nitrogens with zero attached hydrogens (tertiary/aromatic N) is 1. The van der Waals surface area contributed by atoms with Crippen molar-refractivity contribution in [3.63, 3.8) is 0 Å². The number of aryl methyl sites for hydroxylation is 1. The molecule has 6 nitrogen and oxygen atoms in total. The van der Waals surface area contributed by atoms with Crippen molar-refractivity contribution in [3.05, 3.63) is 95.8 Å². The molecule has 1 amide bonds. The van der Waals surface area contributed by atoms with Crippen LogP contribution < -0.4 is 15.3 Å². The highest BCUT2D eigenvalue weighted by Crippen LogP contribution is 2.32. The zero-order valence-corrected chi connectivity index (χ0v) is 16.0. The topological polar surface area (TPSA) is 75.2 Å². The summed E-state index contributed by atoms with van der Waals surface area (Å²) in [6.07, 6.45) is 1.77. The highest BCUT2D eigenvalue weighted by molar-refractivity contribution is 7.58. The van der Waals surface area contributed by atoms with Gasteiger partial charge in [-0.1, -0.05) is 60.7 Å². The number of amides is 1. The van der Waals surface area contributed by atoms with Crippen molar-refractivity contribution in [2.24, 2.45) is 7.05 Å². The van der Waals surface area contributed by atoms with Crippen molar-refractivity contribution in [3.8, 4) is 0 Å². The van der Waals surface area contributed by atoms with E-state index in [1.165, 1.54) is 0 Å². The van der Waals surface area contributed by atoms with Crippen LogP contribution >= 0.6 is 7.59 Å². The molecule has 0 aliphatic heterocycles. The van der Waals surface area contributed by atoms with Crippen LogP contribution in [-0.4, -0.2) is 10.5 Å². The van der Waals surface area contributed by atoms with Gasteiger partial charge in [-0.15, -0.1) is 0 Å². The molecule has 3 N–H and O–H groups in total. The van der Waals surface area contributed by atoms with Crippen LogP contribution in [0.3, 0.4) is 0 Å². The second kappa shape index (κ2) is 8.82. The third-order valence-corrected chi connectivity index (χ3v) is 5.86. The smallest absolute Gasteiger partial charge is 0.306 e. The van der Waals surface area contributed by atoms with E-state index in [1.807, 2.05) is 60.7 Å². The van der Waals surface area contributed by atoms with E-state index >= 15 is 0 Å². The number of carbonyl (C=O) groups is 1. The summed E-state index contributed by atoms with van der Waals surface area (Å²) >= 11 is 0. The lowest BCUT2D eigenvalue weighted by atomic mass is 10.2. The van der Waals surface area contributed by atoms with Gasteiger partial charge in [-0.05, 0) is 23.3 Å². The maximum atomic E-state index is 13.4. The molecule has 0 saturated carbocycles. The third-order valence-electron chi connectivity index (χ3n) is 4.13. The maximum absolute atomic E-state index is 13.4. The van der Waals surface area contributed by atoms with E-state index in [2.05, 4.69) is 15.3 Å². The molecule has 1 heterocycles. The van der Waals surface area contributed by atoms with Gasteiger partial charge in [0.15, 0.2) is 0 Å². The predicted octanol–water partition coefficient (Wildman–Crippen LogP) is 3.44. The summed E-state index contributed by atoms with van der Waals surface area (Å²) in [6.45, 7) is 0.737. The van der Waals surface area contributed by atoms with Crippen molar-refractivity contribution in [2.75, 3.05) is 0 Å². The van der Waals surface area contributed by atoms with Gasteiger partial charge in [-0.3, -0.25) is 14.4 Å². The molecule has 0 unspecified atom stereocenters. The highest BCUT2D eigenvalue weighted by atomic mass is 31.2. The van der Waals surface area contributed by atoms with Gasteiger partial charge in [0.25, 0.3) is 5.91 Å². The van der Waals surface area contributed by atoms with Gasteiger partial charge in [-0.2, -0.15) is 0 Å². The lowest BCUT2D eigenvalue weighted by Crippen LogP contribution is -2.35. The summed E-state index contributed by atoms with van der Waals surface area (Å²) in [5.41, 5.74) is 2.40. The van der Waals surface area contributed by atoms with E-state index in [0.717, 1.165) is 11.1 Å². The lowest BCUT2D eigenvalue weighted by molar-refractivity contribution is 0.0971. The quantitative estimate of drug-likeness (QED) is 0.522. The van der Waals surface area contributed by atoms with E-state index in [-0.39, 0.29) is 0 Å². The Morgan fingerprint density at radius 2 is 1.37 bits per heavy atom. The summed E-state index contributed by atoms with van der Waals surface area (Å²) in [5.74, 6) is -0.396. The minimum Gasteiger partial charge on any atom is -0.347 e. The van der Waals surface area contributed by atoms with Gasteiger partial charge in [0, 0.05) is 26.3 Å². The average Bonchev–Trinajstić information content (AvgIpc) is 3.13. The molecule has 0 spiro atoms. The summed E-state index contributed by atoms with van der Waals surface area (Å²) in [6, 6.07) is 22.7. The van der Waals surface area contributed by atoms with E-state index in [1.54, 1.807) is 29.9 Å². The Kier molecular flexibility index (Phi) is 6.24. The molecule has 3 aromatic rings. The van der Waals surface area contributed by atoms with E-state index in [4.69, 9.17) is 0 Å². The highest BCUT2D eigenvalue weighted by Gasteiger charge is 2.25. The van der Waals surface area contributed by atoms with Crippen molar-refractivity contribution in [1.29, 1.82) is 0 Å². The molecular formula is C20H23N4O2P. The molecule has 0 saturated heterocycles. The molecule has 27 heavy (non-hydrogen) atoms. The molecule has 140 valence electrons. The first-order valence-electron chi connectivity index (χ1n) is 8.68. The minimum atomic E-state index is -3.38. The first-order chi connectivity index (χ1) is 13.1. The second-order valence-corrected chi connectivity index (χ2v) is 8.27. The van der Waals surface area contributed by atoms with Crippen LogP contribution in [0.15, 0.2) is 79.0 Å².